The second-order valence-electron chi connectivity index (χ2n) is 4.67. The molecular weight excluding hydrogens is 296 g/mol. The van der Waals surface area contributed by atoms with Gasteiger partial charge in [0, 0.05) is 12.6 Å². The summed E-state index contributed by atoms with van der Waals surface area (Å²) in [5.74, 6) is 0. The fraction of sp³-hybridized carbons (Fsp3) is 0.462. The third-order valence-electron chi connectivity index (χ3n) is 3.23. The third kappa shape index (κ3) is 2.79. The zero-order valence-corrected chi connectivity index (χ0v) is 13.3. The molecule has 7 heteroatoms. The van der Waals surface area contributed by atoms with Gasteiger partial charge in [-0.05, 0) is 38.5 Å². The lowest BCUT2D eigenvalue weighted by atomic mass is 10.3. The van der Waals surface area contributed by atoms with Crippen LogP contribution in [0.15, 0.2) is 27.9 Å². The minimum absolute atomic E-state index is 0.0630. The molecule has 1 aromatic heterocycles. The Hall–Kier alpha value is -1.18. The summed E-state index contributed by atoms with van der Waals surface area (Å²) in [6, 6.07) is 4.70. The molecule has 2 aromatic rings. The Morgan fingerprint density at radius 3 is 2.65 bits per heavy atom. The molecule has 0 radical (unpaired) electrons. The molecule has 1 N–H and O–H groups in total. The van der Waals surface area contributed by atoms with Gasteiger partial charge < -0.3 is 0 Å². The van der Waals surface area contributed by atoms with Gasteiger partial charge in [0.2, 0.25) is 10.0 Å². The first kappa shape index (κ1) is 15.2. The lowest BCUT2D eigenvalue weighted by Crippen LogP contribution is -2.31. The molecule has 0 saturated heterocycles. The fourth-order valence-electron chi connectivity index (χ4n) is 1.93. The van der Waals surface area contributed by atoms with Crippen LogP contribution < -0.4 is 9.60 Å². The molecule has 1 atom stereocenters. The van der Waals surface area contributed by atoms with Gasteiger partial charge in [0.1, 0.15) is 0 Å². The van der Waals surface area contributed by atoms with Gasteiger partial charge in [-0.3, -0.25) is 9.36 Å². The summed E-state index contributed by atoms with van der Waals surface area (Å²) in [6.45, 7) is 6.21. The van der Waals surface area contributed by atoms with Gasteiger partial charge in [0.15, 0.2) is 0 Å². The predicted octanol–water partition coefficient (Wildman–Crippen LogP) is 2.16. The van der Waals surface area contributed by atoms with Crippen LogP contribution in [-0.2, 0) is 16.6 Å². The van der Waals surface area contributed by atoms with Crippen molar-refractivity contribution < 1.29 is 8.42 Å². The topological polar surface area (TPSA) is 68.2 Å². The lowest BCUT2D eigenvalue weighted by Gasteiger charge is -2.12. The molecule has 0 aliphatic carbocycles. The van der Waals surface area contributed by atoms with Crippen molar-refractivity contribution >= 4 is 31.6 Å². The highest BCUT2D eigenvalue weighted by atomic mass is 32.2. The smallest absolute Gasteiger partial charge is 0.299 e. The minimum Gasteiger partial charge on any atom is -0.299 e. The average Bonchev–Trinajstić information content (AvgIpc) is 2.72. The van der Waals surface area contributed by atoms with Crippen molar-refractivity contribution in [3.05, 3.63) is 27.9 Å². The predicted molar refractivity (Wildman–Crippen MR) is 81.8 cm³/mol. The molecule has 0 aliphatic rings. The van der Waals surface area contributed by atoms with Crippen molar-refractivity contribution in [2.75, 3.05) is 0 Å². The molecule has 1 aromatic carbocycles. The van der Waals surface area contributed by atoms with E-state index in [1.807, 2.05) is 20.8 Å². The lowest BCUT2D eigenvalue weighted by molar-refractivity contribution is 0.556. The van der Waals surface area contributed by atoms with E-state index in [-0.39, 0.29) is 15.8 Å². The summed E-state index contributed by atoms with van der Waals surface area (Å²) in [4.78, 5) is 11.9. The Balaban J connectivity index is 2.50. The highest BCUT2D eigenvalue weighted by molar-refractivity contribution is 7.89. The van der Waals surface area contributed by atoms with E-state index in [0.29, 0.717) is 11.2 Å². The maximum Gasteiger partial charge on any atom is 0.308 e. The van der Waals surface area contributed by atoms with Crippen LogP contribution in [0.25, 0.3) is 10.2 Å². The molecule has 20 heavy (non-hydrogen) atoms. The molecule has 0 fully saturated rings. The van der Waals surface area contributed by atoms with Gasteiger partial charge >= 0.3 is 4.87 Å². The summed E-state index contributed by atoms with van der Waals surface area (Å²) in [7, 11) is -3.53. The van der Waals surface area contributed by atoms with Crippen molar-refractivity contribution in [1.29, 1.82) is 0 Å². The van der Waals surface area contributed by atoms with E-state index in [4.69, 9.17) is 0 Å². The van der Waals surface area contributed by atoms with Crippen molar-refractivity contribution in [1.82, 2.24) is 9.29 Å². The monoisotopic (exact) mass is 314 g/mol. The number of nitrogens with one attached hydrogen (secondary N) is 1. The molecule has 0 unspecified atom stereocenters. The Morgan fingerprint density at radius 2 is 2.05 bits per heavy atom. The molecule has 1 heterocycles. The SMILES string of the molecule is CC[C@@H](C)NS(=O)(=O)c1ccc2c(c1)sc(=O)n2CC. The van der Waals surface area contributed by atoms with Crippen molar-refractivity contribution in [2.45, 2.75) is 44.7 Å². The van der Waals surface area contributed by atoms with Crippen LogP contribution in [0.1, 0.15) is 27.2 Å². The molecule has 110 valence electrons. The van der Waals surface area contributed by atoms with E-state index in [1.54, 1.807) is 22.8 Å². The molecule has 2 rings (SSSR count). The molecule has 0 saturated carbocycles. The number of fused-ring (bicyclic) bond motifs is 1. The molecule has 5 nitrogen and oxygen atoms in total. The average molecular weight is 314 g/mol. The van der Waals surface area contributed by atoms with E-state index < -0.39 is 10.0 Å². The van der Waals surface area contributed by atoms with Gasteiger partial charge in [0.05, 0.1) is 15.1 Å². The van der Waals surface area contributed by atoms with Crippen LogP contribution in [0.4, 0.5) is 0 Å². The first-order valence-corrected chi connectivity index (χ1v) is 8.84. The van der Waals surface area contributed by atoms with E-state index in [2.05, 4.69) is 4.72 Å². The van der Waals surface area contributed by atoms with E-state index in [0.717, 1.165) is 23.3 Å². The number of sulfonamides is 1. The first-order valence-electron chi connectivity index (χ1n) is 6.54. The number of benzene rings is 1. The number of hydrogen-bond donors (Lipinski definition) is 1. The van der Waals surface area contributed by atoms with Crippen LogP contribution in [-0.4, -0.2) is 19.0 Å². The van der Waals surface area contributed by atoms with Gasteiger partial charge in [-0.1, -0.05) is 18.3 Å². The second kappa shape index (κ2) is 5.67. The minimum atomic E-state index is -3.53. The van der Waals surface area contributed by atoms with Gasteiger partial charge in [-0.2, -0.15) is 0 Å². The molecule has 0 amide bonds. The number of aryl methyl sites for hydroxylation is 1. The third-order valence-corrected chi connectivity index (χ3v) is 5.76. The van der Waals surface area contributed by atoms with Crippen molar-refractivity contribution in [3.8, 4) is 0 Å². The van der Waals surface area contributed by atoms with Crippen LogP contribution in [0, 0.1) is 0 Å². The zero-order valence-electron chi connectivity index (χ0n) is 11.7. The number of thiazole rings is 1. The zero-order chi connectivity index (χ0) is 14.9. The highest BCUT2D eigenvalue weighted by Gasteiger charge is 2.18. The summed E-state index contributed by atoms with van der Waals surface area (Å²) in [5, 5.41) is 0. The quantitative estimate of drug-likeness (QED) is 0.919. The number of nitrogens with zero attached hydrogens (tertiary/aromatic N) is 1. The Labute approximate surface area is 122 Å². The Morgan fingerprint density at radius 1 is 1.35 bits per heavy atom. The second-order valence-corrected chi connectivity index (χ2v) is 7.38. The number of hydrogen-bond acceptors (Lipinski definition) is 4. The van der Waals surface area contributed by atoms with Crippen LogP contribution >= 0.6 is 11.3 Å². The molecule has 0 aliphatic heterocycles. The van der Waals surface area contributed by atoms with Gasteiger partial charge in [-0.25, -0.2) is 13.1 Å². The summed E-state index contributed by atoms with van der Waals surface area (Å²) < 4.78 is 29.4. The van der Waals surface area contributed by atoms with Crippen LogP contribution in [0.3, 0.4) is 0 Å². The maximum atomic E-state index is 12.2. The number of aromatic nitrogens is 1. The normalized spacial score (nSPS) is 13.8. The van der Waals surface area contributed by atoms with Crippen molar-refractivity contribution in [2.24, 2.45) is 0 Å². The Bertz CT molecular complexity index is 775. The van der Waals surface area contributed by atoms with E-state index in [1.165, 1.54) is 0 Å². The summed E-state index contributed by atoms with van der Waals surface area (Å²) >= 11 is 1.07. The summed E-state index contributed by atoms with van der Waals surface area (Å²) in [5.41, 5.74) is 0.782. The maximum absolute atomic E-state index is 12.2. The van der Waals surface area contributed by atoms with E-state index >= 15 is 0 Å². The molecular formula is C13H18N2O3S2. The van der Waals surface area contributed by atoms with Gasteiger partial charge in [-0.15, -0.1) is 0 Å². The van der Waals surface area contributed by atoms with Crippen molar-refractivity contribution in [3.63, 3.8) is 0 Å². The number of rotatable bonds is 5. The molecule has 0 bridgehead atoms. The fourth-order valence-corrected chi connectivity index (χ4v) is 4.35. The first-order chi connectivity index (χ1) is 9.39. The molecule has 0 spiro atoms. The van der Waals surface area contributed by atoms with Crippen LogP contribution in [0.2, 0.25) is 0 Å². The van der Waals surface area contributed by atoms with Crippen LogP contribution in [0.5, 0.6) is 0 Å². The van der Waals surface area contributed by atoms with E-state index in [9.17, 15) is 13.2 Å². The van der Waals surface area contributed by atoms with Gasteiger partial charge in [0.25, 0.3) is 0 Å². The summed E-state index contributed by atoms with van der Waals surface area (Å²) in [6.07, 6.45) is 0.723. The highest BCUT2D eigenvalue weighted by Crippen LogP contribution is 2.21. The largest absolute Gasteiger partial charge is 0.308 e. The standard InChI is InChI=1S/C13H18N2O3S2/c1-4-9(3)14-20(17,18)10-6-7-11-12(8-10)19-13(16)15(11)5-2/h6-9,14H,4-5H2,1-3H3/t9-/m1/s1. The Kier molecular flexibility index (Phi) is 4.31.